The molecular weight excluding hydrogens is 954 g/mol. The molecule has 0 saturated carbocycles. The van der Waals surface area contributed by atoms with Crippen LogP contribution in [0, 0.1) is 17.1 Å². The van der Waals surface area contributed by atoms with Crippen LogP contribution in [0.4, 0.5) is 38.0 Å². The second-order valence-electron chi connectivity index (χ2n) is 16.2. The number of halogens is 1. The third-order valence-electron chi connectivity index (χ3n) is 10.6. The van der Waals surface area contributed by atoms with Crippen LogP contribution < -0.4 is 47.3 Å². The van der Waals surface area contributed by atoms with E-state index in [1.165, 1.54) is 23.2 Å². The van der Waals surface area contributed by atoms with Gasteiger partial charge in [-0.2, -0.15) is 10.2 Å². The lowest BCUT2D eigenvalue weighted by molar-refractivity contribution is -0.123. The van der Waals surface area contributed by atoms with E-state index in [1.54, 1.807) is 42.1 Å². The zero-order valence-corrected chi connectivity index (χ0v) is 41.0. The molecule has 21 nitrogen and oxygen atoms in total. The van der Waals surface area contributed by atoms with Gasteiger partial charge in [0.05, 0.1) is 57.9 Å². The van der Waals surface area contributed by atoms with Crippen molar-refractivity contribution in [3.05, 3.63) is 83.7 Å². The van der Waals surface area contributed by atoms with Crippen molar-refractivity contribution in [1.82, 2.24) is 36.6 Å². The van der Waals surface area contributed by atoms with E-state index >= 15 is 0 Å². The van der Waals surface area contributed by atoms with Crippen LogP contribution in [-0.2, 0) is 38.1 Å². The molecule has 2 saturated heterocycles. The first-order valence-electron chi connectivity index (χ1n) is 23.9. The number of anilines is 5. The van der Waals surface area contributed by atoms with Crippen LogP contribution in [0.25, 0.3) is 0 Å². The number of carbonyl (C=O) groups is 5. The van der Waals surface area contributed by atoms with Gasteiger partial charge in [0.2, 0.25) is 29.6 Å². The Morgan fingerprint density at radius 3 is 2.11 bits per heavy atom. The van der Waals surface area contributed by atoms with Gasteiger partial charge in [-0.1, -0.05) is 18.7 Å². The minimum atomic E-state index is -0.638. The molecular formula is C49H64FN11O10S. The molecule has 2 aromatic carbocycles. The molecule has 0 unspecified atom stereocenters. The number of hydrogen-bond donors (Lipinski definition) is 8. The normalized spacial score (nSPS) is 15.1. The Labute approximate surface area is 422 Å². The zero-order valence-electron chi connectivity index (χ0n) is 40.2. The summed E-state index contributed by atoms with van der Waals surface area (Å²) < 4.78 is 42.5. The molecule has 5 rings (SSSR count). The van der Waals surface area contributed by atoms with Crippen molar-refractivity contribution in [2.45, 2.75) is 63.5 Å². The van der Waals surface area contributed by atoms with Crippen molar-refractivity contribution in [3.63, 3.8) is 0 Å². The van der Waals surface area contributed by atoms with Crippen molar-refractivity contribution < 1.29 is 52.0 Å². The Bertz CT molecular complexity index is 2340. The van der Waals surface area contributed by atoms with Crippen LogP contribution in [0.5, 0.6) is 5.75 Å². The number of ether oxygens (including phenoxy) is 5. The number of urea groups is 1. The number of nitriles is 1. The van der Waals surface area contributed by atoms with Crippen LogP contribution in [-0.4, -0.2) is 137 Å². The molecule has 0 radical (unpaired) electrons. The lowest BCUT2D eigenvalue weighted by Gasteiger charge is -2.12. The molecule has 3 heterocycles. The van der Waals surface area contributed by atoms with Gasteiger partial charge in [-0.15, -0.1) is 11.8 Å². The van der Waals surface area contributed by atoms with Crippen LogP contribution in [0.3, 0.4) is 0 Å². The Hall–Kier alpha value is -6.84. The highest BCUT2D eigenvalue weighted by atomic mass is 32.2. The predicted molar refractivity (Wildman–Crippen MR) is 270 cm³/mol. The number of aromatic nitrogens is 2. The Morgan fingerprint density at radius 2 is 1.42 bits per heavy atom. The molecule has 2 fully saturated rings. The summed E-state index contributed by atoms with van der Waals surface area (Å²) in [6.07, 6.45) is 8.79. The van der Waals surface area contributed by atoms with Gasteiger partial charge in [-0.25, -0.2) is 14.2 Å². The van der Waals surface area contributed by atoms with E-state index in [-0.39, 0.29) is 104 Å². The molecule has 1 aromatic heterocycles. The molecule has 0 spiro atoms. The van der Waals surface area contributed by atoms with Crippen LogP contribution in [0.2, 0.25) is 0 Å². The zero-order chi connectivity index (χ0) is 51.2. The highest BCUT2D eigenvalue weighted by Gasteiger charge is 2.39. The van der Waals surface area contributed by atoms with Crippen molar-refractivity contribution >= 4 is 70.3 Å². The molecule has 0 aliphatic carbocycles. The highest BCUT2D eigenvalue weighted by molar-refractivity contribution is 8.03. The number of hydrogen-bond acceptors (Lipinski definition) is 16. The van der Waals surface area contributed by atoms with E-state index in [2.05, 4.69) is 65.2 Å². The number of amides is 6. The fraction of sp³-hybridized carbons (Fsp3) is 0.469. The number of nitrogens with zero attached hydrogens (tertiary/aromatic N) is 3. The fourth-order valence-corrected chi connectivity index (χ4v) is 8.24. The number of allylic oxidation sites excluding steroid dienone is 1. The summed E-state index contributed by atoms with van der Waals surface area (Å²) in [6.45, 7) is 7.88. The molecule has 72 heavy (non-hydrogen) atoms. The molecule has 2 aliphatic heterocycles. The molecule has 6 amide bonds. The number of carbonyl (C=O) groups excluding carboxylic acids is 5. The maximum atomic E-state index is 14.9. The van der Waals surface area contributed by atoms with Crippen molar-refractivity contribution in [2.24, 2.45) is 0 Å². The molecule has 388 valence electrons. The van der Waals surface area contributed by atoms with Gasteiger partial charge in [-0.3, -0.25) is 19.2 Å². The van der Waals surface area contributed by atoms with E-state index in [0.29, 0.717) is 95.5 Å². The summed E-state index contributed by atoms with van der Waals surface area (Å²) in [5.74, 6) is -0.150. The number of fused-ring (bicyclic) bond motifs is 1. The minimum Gasteiger partial charge on any atom is -0.488 e. The van der Waals surface area contributed by atoms with Gasteiger partial charge in [-0.05, 0) is 68.5 Å². The standard InChI is InChI=1S/C49H64FN11O10S/c1-2-42(62)56-35-9-5-10-36(29-35)57-47-34(31-51)32-55-48(61-47)58-37-15-16-40(38(50)30-37)71-28-27-69-22-19-54-45(65)14-6-13-44(64)53-18-8-21-68-24-26-70-25-23-67-20-7-17-52-43(63)12-4-3-11-41-46-39(33-72-41)59-49(66)60-46/h2,5,9-11,15-16,29-30,32,39,46H,1,3-4,6-8,12-14,17-28,33H2,(H,52,63)(H,53,64)(H,54,65)(H,56,62)(H2,59,60,66)(H2,55,57,58,61)/b41-11-/t39-,46-/m0/s1. The smallest absolute Gasteiger partial charge is 0.315 e. The number of benzene rings is 2. The average molecular weight is 1020 g/mol. The molecule has 2 atom stereocenters. The van der Waals surface area contributed by atoms with Crippen LogP contribution in [0.15, 0.2) is 72.3 Å². The highest BCUT2D eigenvalue weighted by Crippen LogP contribution is 2.34. The lowest BCUT2D eigenvalue weighted by Crippen LogP contribution is -2.30. The quantitative estimate of drug-likeness (QED) is 0.0225. The second-order valence-corrected chi connectivity index (χ2v) is 17.3. The van der Waals surface area contributed by atoms with Gasteiger partial charge in [0.25, 0.3) is 0 Å². The van der Waals surface area contributed by atoms with Crippen LogP contribution >= 0.6 is 11.8 Å². The van der Waals surface area contributed by atoms with E-state index in [0.717, 1.165) is 24.7 Å². The van der Waals surface area contributed by atoms with Gasteiger partial charge in [0.1, 0.15) is 18.2 Å². The SMILES string of the molecule is C=CC(=O)Nc1cccc(Nc2nc(Nc3ccc(OCCOCCNC(=O)CCCC(=O)NCCCOCCOCCOCCCNC(=O)CCC/C=C4\SC[C@@H]5NC(=O)N[C@H]45)c(F)c3)ncc2C#N)c1. The number of nitrogens with one attached hydrogen (secondary N) is 8. The topological polar surface area (TPSA) is 277 Å². The Morgan fingerprint density at radius 1 is 0.778 bits per heavy atom. The van der Waals surface area contributed by atoms with E-state index in [9.17, 15) is 33.6 Å². The maximum Gasteiger partial charge on any atom is 0.315 e. The Balaban J connectivity index is 0.776. The molecule has 8 N–H and O–H groups in total. The van der Waals surface area contributed by atoms with Gasteiger partial charge >= 0.3 is 6.03 Å². The van der Waals surface area contributed by atoms with Gasteiger partial charge < -0.3 is 66.2 Å². The van der Waals surface area contributed by atoms with Gasteiger partial charge in [0.15, 0.2) is 17.4 Å². The first kappa shape index (κ1) is 56.1. The second kappa shape index (κ2) is 32.2. The molecule has 2 aliphatic rings. The third-order valence-corrected chi connectivity index (χ3v) is 11.8. The fourth-order valence-electron chi connectivity index (χ4n) is 6.96. The maximum absolute atomic E-state index is 14.9. The van der Waals surface area contributed by atoms with Crippen molar-refractivity contribution in [2.75, 3.05) is 101 Å². The number of thioether (sulfide) groups is 1. The summed E-state index contributed by atoms with van der Waals surface area (Å²) in [7, 11) is 0. The lowest BCUT2D eigenvalue weighted by atomic mass is 10.1. The van der Waals surface area contributed by atoms with Crippen molar-refractivity contribution in [3.8, 4) is 11.8 Å². The first-order chi connectivity index (χ1) is 35.1. The van der Waals surface area contributed by atoms with Crippen molar-refractivity contribution in [1.29, 1.82) is 5.26 Å². The van der Waals surface area contributed by atoms with E-state index in [4.69, 9.17) is 23.7 Å². The van der Waals surface area contributed by atoms with Gasteiger partial charge in [0, 0.05) is 85.9 Å². The predicted octanol–water partition coefficient (Wildman–Crippen LogP) is 4.69. The van der Waals surface area contributed by atoms with Crippen LogP contribution in [0.1, 0.15) is 56.9 Å². The first-order valence-corrected chi connectivity index (χ1v) is 24.9. The monoisotopic (exact) mass is 1020 g/mol. The van der Waals surface area contributed by atoms with E-state index in [1.807, 2.05) is 6.07 Å². The summed E-state index contributed by atoms with van der Waals surface area (Å²) in [4.78, 5) is 69.3. The summed E-state index contributed by atoms with van der Waals surface area (Å²) in [5, 5.41) is 32.5. The summed E-state index contributed by atoms with van der Waals surface area (Å²) in [6, 6.07) is 13.2. The largest absolute Gasteiger partial charge is 0.488 e. The molecule has 3 aromatic rings. The molecule has 0 bridgehead atoms. The summed E-state index contributed by atoms with van der Waals surface area (Å²) >= 11 is 1.75. The van der Waals surface area contributed by atoms with E-state index < -0.39 is 5.82 Å². The Kier molecular flexibility index (Phi) is 25.1. The molecule has 23 heteroatoms. The third kappa shape index (κ3) is 21.3. The summed E-state index contributed by atoms with van der Waals surface area (Å²) in [5.41, 5.74) is 1.56. The number of unbranched alkanes of at least 4 members (excludes halogenated alkanes) is 1. The average Bonchev–Trinajstić information content (AvgIpc) is 3.93. The minimum absolute atomic E-state index is 0.00477. The number of rotatable bonds is 35.